The van der Waals surface area contributed by atoms with Crippen LogP contribution in [0.15, 0.2) is 36.7 Å². The SMILES string of the molecule is CCn1cc(CN2CCOc3ccccc32)cn1. The number of fused-ring (bicyclic) bond motifs is 1. The van der Waals surface area contributed by atoms with Crippen LogP contribution < -0.4 is 9.64 Å². The predicted molar refractivity (Wildman–Crippen MR) is 70.9 cm³/mol. The Balaban J connectivity index is 1.81. The van der Waals surface area contributed by atoms with Crippen molar-refractivity contribution in [1.29, 1.82) is 0 Å². The van der Waals surface area contributed by atoms with E-state index in [1.165, 1.54) is 11.3 Å². The van der Waals surface area contributed by atoms with E-state index < -0.39 is 0 Å². The average Bonchev–Trinajstić information content (AvgIpc) is 2.87. The molecule has 0 unspecified atom stereocenters. The van der Waals surface area contributed by atoms with Crippen LogP contribution in [0.3, 0.4) is 0 Å². The van der Waals surface area contributed by atoms with Crippen molar-refractivity contribution < 1.29 is 4.74 Å². The minimum atomic E-state index is 0.749. The molecule has 0 fully saturated rings. The van der Waals surface area contributed by atoms with Gasteiger partial charge in [0, 0.05) is 24.8 Å². The van der Waals surface area contributed by atoms with Gasteiger partial charge in [0.05, 0.1) is 18.4 Å². The molecule has 0 atom stereocenters. The zero-order valence-electron chi connectivity index (χ0n) is 10.5. The Bertz CT molecular complexity index is 535. The molecule has 0 aliphatic carbocycles. The first kappa shape index (κ1) is 11.1. The lowest BCUT2D eigenvalue weighted by Gasteiger charge is -2.30. The Morgan fingerprint density at radius 1 is 1.33 bits per heavy atom. The number of para-hydroxylation sites is 2. The summed E-state index contributed by atoms with van der Waals surface area (Å²) in [7, 11) is 0. The Morgan fingerprint density at radius 3 is 3.06 bits per heavy atom. The van der Waals surface area contributed by atoms with Crippen molar-refractivity contribution in [3.63, 3.8) is 0 Å². The predicted octanol–water partition coefficient (Wildman–Crippen LogP) is 2.30. The summed E-state index contributed by atoms with van der Waals surface area (Å²) in [5.41, 5.74) is 2.42. The first-order chi connectivity index (χ1) is 8.86. The first-order valence-corrected chi connectivity index (χ1v) is 6.35. The minimum absolute atomic E-state index is 0.749. The van der Waals surface area contributed by atoms with Crippen molar-refractivity contribution in [1.82, 2.24) is 9.78 Å². The number of nitrogens with zero attached hydrogens (tertiary/aromatic N) is 3. The van der Waals surface area contributed by atoms with Crippen molar-refractivity contribution in [2.45, 2.75) is 20.0 Å². The molecule has 3 rings (SSSR count). The molecule has 4 heteroatoms. The highest BCUT2D eigenvalue weighted by atomic mass is 16.5. The zero-order chi connectivity index (χ0) is 12.4. The fourth-order valence-electron chi connectivity index (χ4n) is 2.27. The lowest BCUT2D eigenvalue weighted by atomic mass is 10.2. The number of aromatic nitrogens is 2. The van der Waals surface area contributed by atoms with Crippen LogP contribution in [0, 0.1) is 0 Å². The highest BCUT2D eigenvalue weighted by Crippen LogP contribution is 2.31. The van der Waals surface area contributed by atoms with E-state index in [1.807, 2.05) is 23.0 Å². The molecule has 2 heterocycles. The summed E-state index contributed by atoms with van der Waals surface area (Å²) in [6, 6.07) is 8.20. The maximum Gasteiger partial charge on any atom is 0.142 e. The normalized spacial score (nSPS) is 14.2. The molecule has 0 saturated carbocycles. The van der Waals surface area contributed by atoms with Crippen LogP contribution in [-0.2, 0) is 13.1 Å². The van der Waals surface area contributed by atoms with Gasteiger partial charge in [-0.15, -0.1) is 0 Å². The molecule has 0 spiro atoms. The van der Waals surface area contributed by atoms with Crippen LogP contribution in [0.1, 0.15) is 12.5 Å². The largest absolute Gasteiger partial charge is 0.490 e. The van der Waals surface area contributed by atoms with Crippen LogP contribution >= 0.6 is 0 Å². The number of hydrogen-bond acceptors (Lipinski definition) is 3. The van der Waals surface area contributed by atoms with Crippen molar-refractivity contribution in [2.75, 3.05) is 18.1 Å². The van der Waals surface area contributed by atoms with Crippen LogP contribution in [0.2, 0.25) is 0 Å². The van der Waals surface area contributed by atoms with E-state index in [-0.39, 0.29) is 0 Å². The molecular formula is C14H17N3O. The van der Waals surface area contributed by atoms with Crippen LogP contribution in [0.25, 0.3) is 0 Å². The second-order valence-electron chi connectivity index (χ2n) is 4.44. The second kappa shape index (κ2) is 4.72. The summed E-state index contributed by atoms with van der Waals surface area (Å²) < 4.78 is 7.62. The molecule has 4 nitrogen and oxygen atoms in total. The highest BCUT2D eigenvalue weighted by molar-refractivity contribution is 5.59. The summed E-state index contributed by atoms with van der Waals surface area (Å²) in [5.74, 6) is 0.978. The molecule has 1 aromatic heterocycles. The Labute approximate surface area is 107 Å². The third-order valence-corrected chi connectivity index (χ3v) is 3.21. The highest BCUT2D eigenvalue weighted by Gasteiger charge is 2.17. The molecule has 0 bridgehead atoms. The van der Waals surface area contributed by atoms with Crippen LogP contribution in [-0.4, -0.2) is 22.9 Å². The number of benzene rings is 1. The van der Waals surface area contributed by atoms with E-state index in [2.05, 4.69) is 35.3 Å². The quantitative estimate of drug-likeness (QED) is 0.828. The number of aryl methyl sites for hydroxylation is 1. The van der Waals surface area contributed by atoms with Gasteiger partial charge in [-0.3, -0.25) is 4.68 Å². The van der Waals surface area contributed by atoms with Gasteiger partial charge in [-0.1, -0.05) is 12.1 Å². The number of rotatable bonds is 3. The summed E-state index contributed by atoms with van der Waals surface area (Å²) in [4.78, 5) is 2.34. The van der Waals surface area contributed by atoms with Crippen LogP contribution in [0.5, 0.6) is 5.75 Å². The second-order valence-corrected chi connectivity index (χ2v) is 4.44. The topological polar surface area (TPSA) is 30.3 Å². The molecule has 94 valence electrons. The smallest absolute Gasteiger partial charge is 0.142 e. The molecule has 0 radical (unpaired) electrons. The Hall–Kier alpha value is -1.97. The van der Waals surface area contributed by atoms with Gasteiger partial charge in [-0.2, -0.15) is 5.10 Å². The molecule has 0 amide bonds. The number of anilines is 1. The molecule has 1 aliphatic rings. The lowest BCUT2D eigenvalue weighted by Crippen LogP contribution is -2.31. The molecular weight excluding hydrogens is 226 g/mol. The molecule has 0 N–H and O–H groups in total. The van der Waals surface area contributed by atoms with Crippen LogP contribution in [0.4, 0.5) is 5.69 Å². The van der Waals surface area contributed by atoms with E-state index in [4.69, 9.17) is 4.74 Å². The van der Waals surface area contributed by atoms with Gasteiger partial charge >= 0.3 is 0 Å². The lowest BCUT2D eigenvalue weighted by molar-refractivity contribution is 0.307. The maximum absolute atomic E-state index is 5.66. The summed E-state index contributed by atoms with van der Waals surface area (Å²) in [6.07, 6.45) is 4.06. The van der Waals surface area contributed by atoms with E-state index in [1.54, 1.807) is 0 Å². The van der Waals surface area contributed by atoms with Crippen molar-refractivity contribution in [2.24, 2.45) is 0 Å². The molecule has 2 aromatic rings. The summed E-state index contributed by atoms with van der Waals surface area (Å²) in [5, 5.41) is 4.31. The van der Waals surface area contributed by atoms with E-state index in [0.717, 1.165) is 32.0 Å². The summed E-state index contributed by atoms with van der Waals surface area (Å²) in [6.45, 7) is 5.58. The molecule has 1 aliphatic heterocycles. The van der Waals surface area contributed by atoms with Gasteiger partial charge in [-0.25, -0.2) is 0 Å². The first-order valence-electron chi connectivity index (χ1n) is 6.35. The zero-order valence-corrected chi connectivity index (χ0v) is 10.5. The van der Waals surface area contributed by atoms with Gasteiger partial charge in [0.2, 0.25) is 0 Å². The van der Waals surface area contributed by atoms with Crippen molar-refractivity contribution >= 4 is 5.69 Å². The Kier molecular flexibility index (Phi) is 2.92. The van der Waals surface area contributed by atoms with Crippen molar-refractivity contribution in [3.8, 4) is 5.75 Å². The van der Waals surface area contributed by atoms with Gasteiger partial charge in [0.25, 0.3) is 0 Å². The van der Waals surface area contributed by atoms with Gasteiger partial charge in [0.15, 0.2) is 0 Å². The van der Waals surface area contributed by atoms with E-state index in [9.17, 15) is 0 Å². The van der Waals surface area contributed by atoms with Gasteiger partial charge in [0.1, 0.15) is 12.4 Å². The number of ether oxygens (including phenoxy) is 1. The standard InChI is InChI=1S/C14H17N3O/c1-2-17-11-12(9-15-17)10-16-7-8-18-14-6-4-3-5-13(14)16/h3-6,9,11H,2,7-8,10H2,1H3. The minimum Gasteiger partial charge on any atom is -0.490 e. The average molecular weight is 243 g/mol. The molecule has 18 heavy (non-hydrogen) atoms. The third-order valence-electron chi connectivity index (χ3n) is 3.21. The monoisotopic (exact) mass is 243 g/mol. The fourth-order valence-corrected chi connectivity index (χ4v) is 2.27. The molecule has 1 aromatic carbocycles. The van der Waals surface area contributed by atoms with Gasteiger partial charge in [-0.05, 0) is 19.1 Å². The Morgan fingerprint density at radius 2 is 2.22 bits per heavy atom. The number of hydrogen-bond donors (Lipinski definition) is 0. The fraction of sp³-hybridized carbons (Fsp3) is 0.357. The van der Waals surface area contributed by atoms with Crippen molar-refractivity contribution in [3.05, 3.63) is 42.2 Å². The molecule has 0 saturated heterocycles. The van der Waals surface area contributed by atoms with Gasteiger partial charge < -0.3 is 9.64 Å². The maximum atomic E-state index is 5.66. The van der Waals surface area contributed by atoms with E-state index >= 15 is 0 Å². The van der Waals surface area contributed by atoms with E-state index in [0.29, 0.717) is 0 Å². The third kappa shape index (κ3) is 2.06. The summed E-state index contributed by atoms with van der Waals surface area (Å²) >= 11 is 0.